The molecule has 0 aliphatic rings. The Morgan fingerprint density at radius 1 is 0.319 bits per heavy atom. The second-order valence-electron chi connectivity index (χ2n) is 16.2. The Bertz CT molecular complexity index is 544. The Hall–Kier alpha value is -0.480. The van der Waals surface area contributed by atoms with Gasteiger partial charge in [0.15, 0.2) is 0 Å². The predicted octanol–water partition coefficient (Wildman–Crippen LogP) is 1.47. The van der Waals surface area contributed by atoms with Crippen molar-refractivity contribution in [2.24, 2.45) is 11.8 Å². The standard InChI is InChI=1S/C10H25N3.C9H24N4.C7H19N3.C6H15N.C3H9N/c1-11(2)7-10(8-12(3)4)9-13(5)6;1-10(2)7-12(5)9-13(6)8-11(3)4;1-8(2)7(9(3)4)10(5)6;1-6(2)5-7(3)4;1-4(2)3/h10H,7-9H2,1-6H3;7-9H2,1-6H3;7H,1-6H3;6H,5H2,1-4H3;1-3H3. The van der Waals surface area contributed by atoms with Gasteiger partial charge >= 0.3 is 0 Å². The molecule has 0 rings (SSSR count). The van der Waals surface area contributed by atoms with Gasteiger partial charge in [0.05, 0.1) is 20.0 Å². The molecule has 0 aromatic rings. The molecule has 0 bridgehead atoms. The molecule has 0 aromatic carbocycles. The molecule has 0 unspecified atom stereocenters. The molecule has 12 nitrogen and oxygen atoms in total. The first kappa shape index (κ1) is 55.9. The Morgan fingerprint density at radius 3 is 0.660 bits per heavy atom. The highest BCUT2D eigenvalue weighted by atomic mass is 15.5. The third-order valence-corrected chi connectivity index (χ3v) is 5.52. The average molecular weight is 681 g/mol. The predicted molar refractivity (Wildman–Crippen MR) is 215 cm³/mol. The van der Waals surface area contributed by atoms with Gasteiger partial charge in [-0.25, -0.2) is 0 Å². The molecule has 0 saturated carbocycles. The van der Waals surface area contributed by atoms with Crippen LogP contribution in [0.15, 0.2) is 0 Å². The molecular weight excluding hydrogens is 588 g/mol. The largest absolute Gasteiger partial charge is 0.312 e. The monoisotopic (exact) mass is 681 g/mol. The summed E-state index contributed by atoms with van der Waals surface area (Å²) in [6.07, 6.45) is 0.389. The van der Waals surface area contributed by atoms with Crippen molar-refractivity contribution in [1.29, 1.82) is 0 Å². The van der Waals surface area contributed by atoms with Crippen LogP contribution in [0.5, 0.6) is 0 Å². The molecule has 0 saturated heterocycles. The molecule has 0 amide bonds. The summed E-state index contributed by atoms with van der Waals surface area (Å²) in [5, 5.41) is 0. The summed E-state index contributed by atoms with van der Waals surface area (Å²) in [4.78, 5) is 26.4. The lowest BCUT2D eigenvalue weighted by Crippen LogP contribution is -2.50. The third-order valence-electron chi connectivity index (χ3n) is 5.52. The van der Waals surface area contributed by atoms with Crippen molar-refractivity contribution in [1.82, 2.24) is 58.8 Å². The minimum absolute atomic E-state index is 0.389. The van der Waals surface area contributed by atoms with Crippen LogP contribution in [0.4, 0.5) is 0 Å². The van der Waals surface area contributed by atoms with E-state index in [1.807, 2.05) is 26.0 Å². The molecule has 0 N–H and O–H groups in total. The molecule has 0 aliphatic carbocycles. The van der Waals surface area contributed by atoms with Crippen molar-refractivity contribution in [2.45, 2.75) is 20.1 Å². The lowest BCUT2D eigenvalue weighted by Gasteiger charge is -2.35. The number of rotatable bonds is 17. The molecule has 0 radical (unpaired) electrons. The van der Waals surface area contributed by atoms with E-state index >= 15 is 0 Å². The normalized spacial score (nSPS) is 12.0. The van der Waals surface area contributed by atoms with Crippen LogP contribution < -0.4 is 0 Å². The van der Waals surface area contributed by atoms with E-state index in [-0.39, 0.29) is 0 Å². The average Bonchev–Trinajstić information content (AvgIpc) is 2.75. The van der Waals surface area contributed by atoms with Gasteiger partial charge in [-0.05, 0) is 180 Å². The highest BCUT2D eigenvalue weighted by Gasteiger charge is 2.15. The second-order valence-corrected chi connectivity index (χ2v) is 16.2. The molecule has 0 atom stereocenters. The minimum Gasteiger partial charge on any atom is -0.312 e. The lowest BCUT2D eigenvalue weighted by molar-refractivity contribution is 0.00961. The molecule has 292 valence electrons. The fourth-order valence-electron chi connectivity index (χ4n) is 5.31. The van der Waals surface area contributed by atoms with Gasteiger partial charge in [-0.3, -0.25) is 34.3 Å². The van der Waals surface area contributed by atoms with Crippen molar-refractivity contribution in [2.75, 3.05) is 208 Å². The topological polar surface area (TPSA) is 38.9 Å². The maximum absolute atomic E-state index is 2.28. The van der Waals surface area contributed by atoms with Gasteiger partial charge < -0.3 is 24.5 Å². The third kappa shape index (κ3) is 55.2. The lowest BCUT2D eigenvalue weighted by atomic mass is 10.1. The summed E-state index contributed by atoms with van der Waals surface area (Å²) in [7, 11) is 48.1. The first-order valence-electron chi connectivity index (χ1n) is 17.0. The van der Waals surface area contributed by atoms with Crippen LogP contribution in [-0.4, -0.2) is 273 Å². The van der Waals surface area contributed by atoms with E-state index < -0.39 is 0 Å². The van der Waals surface area contributed by atoms with Crippen LogP contribution in [0, 0.1) is 11.8 Å². The fourth-order valence-corrected chi connectivity index (χ4v) is 5.31. The summed E-state index contributed by atoms with van der Waals surface area (Å²) in [5.41, 5.74) is 0. The summed E-state index contributed by atoms with van der Waals surface area (Å²) in [5.74, 6) is 1.54. The Balaban J connectivity index is -0.000000164. The Morgan fingerprint density at radius 2 is 0.553 bits per heavy atom. The zero-order valence-corrected chi connectivity index (χ0v) is 37.0. The zero-order chi connectivity index (χ0) is 38.6. The van der Waals surface area contributed by atoms with Crippen LogP contribution in [-0.2, 0) is 0 Å². The first-order valence-corrected chi connectivity index (χ1v) is 17.0. The van der Waals surface area contributed by atoms with Crippen molar-refractivity contribution in [3.8, 4) is 0 Å². The molecular formula is C35H92N12. The van der Waals surface area contributed by atoms with E-state index in [4.69, 9.17) is 0 Å². The van der Waals surface area contributed by atoms with E-state index in [1.165, 1.54) is 6.54 Å². The summed E-state index contributed by atoms with van der Waals surface area (Å²) < 4.78 is 0. The van der Waals surface area contributed by atoms with E-state index in [0.29, 0.717) is 6.29 Å². The quantitative estimate of drug-likeness (QED) is 0.209. The molecule has 12 heteroatoms. The van der Waals surface area contributed by atoms with Gasteiger partial charge in [-0.2, -0.15) is 0 Å². The van der Waals surface area contributed by atoms with Crippen molar-refractivity contribution in [3.63, 3.8) is 0 Å². The van der Waals surface area contributed by atoms with Gasteiger partial charge in [0.1, 0.15) is 6.29 Å². The van der Waals surface area contributed by atoms with E-state index in [0.717, 1.165) is 51.5 Å². The minimum atomic E-state index is 0.389. The number of hydrogen-bond acceptors (Lipinski definition) is 12. The Labute approximate surface area is 298 Å². The van der Waals surface area contributed by atoms with E-state index in [2.05, 4.69) is 209 Å². The molecule has 0 aliphatic heterocycles. The first-order chi connectivity index (χ1) is 21.1. The Kier molecular flexibility index (Phi) is 40.4. The zero-order valence-electron chi connectivity index (χ0n) is 37.0. The highest BCUT2D eigenvalue weighted by Crippen LogP contribution is 2.01. The maximum atomic E-state index is 2.28. The van der Waals surface area contributed by atoms with Crippen LogP contribution >= 0.6 is 0 Å². The maximum Gasteiger partial charge on any atom is 0.118 e. The van der Waals surface area contributed by atoms with Crippen molar-refractivity contribution >= 4 is 0 Å². The van der Waals surface area contributed by atoms with Gasteiger partial charge in [-0.1, -0.05) is 13.8 Å². The molecule has 47 heavy (non-hydrogen) atoms. The van der Waals surface area contributed by atoms with E-state index in [1.54, 1.807) is 0 Å². The van der Waals surface area contributed by atoms with Crippen LogP contribution in [0.1, 0.15) is 13.8 Å². The SMILES string of the molecule is CC(C)CN(C)C.CN(C)C.CN(C)C(N(C)C)N(C)C.CN(C)CC(CN(C)C)CN(C)C.CN(C)CN(C)CN(C)CN(C)C. The summed E-state index contributed by atoms with van der Waals surface area (Å²) >= 11 is 0. The van der Waals surface area contributed by atoms with Crippen molar-refractivity contribution in [3.05, 3.63) is 0 Å². The van der Waals surface area contributed by atoms with Crippen molar-refractivity contribution < 1.29 is 0 Å². The molecule has 0 aromatic heterocycles. The fraction of sp³-hybridized carbons (Fsp3) is 1.00. The number of nitrogens with zero attached hydrogens (tertiary/aromatic N) is 12. The molecule has 0 fully saturated rings. The molecule has 0 heterocycles. The highest BCUT2D eigenvalue weighted by molar-refractivity contribution is 4.67. The van der Waals surface area contributed by atoms with Gasteiger partial charge in [0.2, 0.25) is 0 Å². The molecule has 0 spiro atoms. The summed E-state index contributed by atoms with van der Waals surface area (Å²) in [6.45, 7) is 12.1. The van der Waals surface area contributed by atoms with E-state index in [9.17, 15) is 0 Å². The van der Waals surface area contributed by atoms with Gasteiger partial charge in [0, 0.05) is 19.6 Å². The second kappa shape index (κ2) is 34.0. The van der Waals surface area contributed by atoms with Crippen LogP contribution in [0.3, 0.4) is 0 Å². The van der Waals surface area contributed by atoms with Crippen LogP contribution in [0.2, 0.25) is 0 Å². The van der Waals surface area contributed by atoms with Gasteiger partial charge in [-0.15, -0.1) is 0 Å². The van der Waals surface area contributed by atoms with Crippen LogP contribution in [0.25, 0.3) is 0 Å². The van der Waals surface area contributed by atoms with Gasteiger partial charge in [0.25, 0.3) is 0 Å². The summed E-state index contributed by atoms with van der Waals surface area (Å²) in [6, 6.07) is 0. The number of hydrogen-bond donors (Lipinski definition) is 0. The smallest absolute Gasteiger partial charge is 0.118 e.